The molecule has 196 valence electrons. The lowest BCUT2D eigenvalue weighted by atomic mass is 9.91. The fourth-order valence-electron chi connectivity index (χ4n) is 4.43. The highest BCUT2D eigenvalue weighted by atomic mass is 32.2. The van der Waals surface area contributed by atoms with E-state index in [1.807, 2.05) is 44.2 Å². The van der Waals surface area contributed by atoms with E-state index in [1.54, 1.807) is 30.9 Å². The summed E-state index contributed by atoms with van der Waals surface area (Å²) in [6.07, 6.45) is -1.13. The summed E-state index contributed by atoms with van der Waals surface area (Å²) < 4.78 is 51.2. The minimum Gasteiger partial charge on any atom is -0.428 e. The number of oxazole rings is 1. The Balaban J connectivity index is 1.35. The van der Waals surface area contributed by atoms with Gasteiger partial charge in [-0.2, -0.15) is 4.98 Å². The van der Waals surface area contributed by atoms with Crippen molar-refractivity contribution in [2.24, 2.45) is 0 Å². The lowest BCUT2D eigenvalue weighted by Crippen LogP contribution is -2.70. The number of anilines is 2. The largest absolute Gasteiger partial charge is 0.428 e. The molecule has 1 N–H and O–H groups in total. The summed E-state index contributed by atoms with van der Waals surface area (Å²) in [5.74, 6) is -0.478. The quantitative estimate of drug-likeness (QED) is 0.442. The Morgan fingerprint density at radius 3 is 2.41 bits per heavy atom. The number of β-lactam (4-membered cyclic amide) rings is 1. The number of hydrogen-bond acceptors (Lipinski definition) is 8. The number of carbonyl (C=O) groups excluding carboxylic acids is 1. The highest BCUT2D eigenvalue weighted by Gasteiger charge is 2.56. The van der Waals surface area contributed by atoms with Gasteiger partial charge in [0.15, 0.2) is 11.9 Å². The Bertz CT molecular complexity index is 1370. The molecule has 11 heteroatoms. The summed E-state index contributed by atoms with van der Waals surface area (Å²) in [5, 5.41) is 0. The Kier molecular flexibility index (Phi) is 6.57. The van der Waals surface area contributed by atoms with Crippen molar-refractivity contribution in [3.63, 3.8) is 0 Å². The number of rotatable bonds is 8. The van der Waals surface area contributed by atoms with Crippen LogP contribution in [0.15, 0.2) is 63.9 Å². The summed E-state index contributed by atoms with van der Waals surface area (Å²) in [4.78, 5) is 18.9. The van der Waals surface area contributed by atoms with Crippen molar-refractivity contribution in [3.8, 4) is 0 Å². The molecule has 2 saturated heterocycles. The van der Waals surface area contributed by atoms with Gasteiger partial charge in [-0.3, -0.25) is 4.79 Å². The normalized spacial score (nSPS) is 23.2. The van der Waals surface area contributed by atoms with Crippen LogP contribution in [0.4, 0.5) is 11.7 Å². The molecule has 10 nitrogen and oxygen atoms in total. The van der Waals surface area contributed by atoms with E-state index in [-0.39, 0.29) is 23.4 Å². The number of ether oxygens (including phenoxy) is 3. The van der Waals surface area contributed by atoms with Crippen LogP contribution in [0, 0.1) is 13.8 Å². The molecule has 1 amide bonds. The standard InChI is InChI=1S/C26H29N3O7S/c1-16-17(2)35-25(27-16)28-37(31,32)20-12-10-19(11-13-20)29-22(21-15-34-26(3,4)36-21)23(24(29)30)33-14-18-8-6-5-7-9-18/h5-13,21-23H,14-15H2,1-4H3,(H,27,28)/t21-,22?,23?/m0/s1. The van der Waals surface area contributed by atoms with Crippen molar-refractivity contribution >= 4 is 27.6 Å². The maximum absolute atomic E-state index is 13.2. The highest BCUT2D eigenvalue weighted by Crippen LogP contribution is 2.38. The fraction of sp³-hybridized carbons (Fsp3) is 0.385. The molecule has 2 aliphatic heterocycles. The van der Waals surface area contributed by atoms with E-state index in [9.17, 15) is 13.2 Å². The van der Waals surface area contributed by atoms with Crippen LogP contribution in [0.25, 0.3) is 0 Å². The smallest absolute Gasteiger partial charge is 0.309 e. The SMILES string of the molecule is Cc1nc(NS(=O)(=O)c2ccc(N3C(=O)C(OCc4ccccc4)C3[C@@H]3COC(C)(C)O3)cc2)oc1C. The van der Waals surface area contributed by atoms with Crippen LogP contribution in [0.3, 0.4) is 0 Å². The molecule has 2 aliphatic rings. The number of carbonyl (C=O) groups is 1. The summed E-state index contributed by atoms with van der Waals surface area (Å²) >= 11 is 0. The predicted molar refractivity (Wildman–Crippen MR) is 134 cm³/mol. The minimum absolute atomic E-state index is 0.00717. The molecule has 5 rings (SSSR count). The zero-order valence-corrected chi connectivity index (χ0v) is 21.8. The van der Waals surface area contributed by atoms with Gasteiger partial charge in [-0.25, -0.2) is 13.1 Å². The Labute approximate surface area is 215 Å². The molecular formula is C26H29N3O7S. The van der Waals surface area contributed by atoms with Crippen molar-refractivity contribution < 1.29 is 31.8 Å². The fourth-order valence-corrected chi connectivity index (χ4v) is 5.36. The van der Waals surface area contributed by atoms with Crippen LogP contribution in [0.5, 0.6) is 0 Å². The first-order chi connectivity index (χ1) is 17.5. The molecular weight excluding hydrogens is 498 g/mol. The van der Waals surface area contributed by atoms with Gasteiger partial charge in [0.25, 0.3) is 15.9 Å². The Morgan fingerprint density at radius 2 is 1.81 bits per heavy atom. The first kappa shape index (κ1) is 25.4. The lowest BCUT2D eigenvalue weighted by Gasteiger charge is -2.48. The molecule has 3 aromatic rings. The third kappa shape index (κ3) is 5.12. The van der Waals surface area contributed by atoms with E-state index in [1.165, 1.54) is 12.1 Å². The molecule has 0 spiro atoms. The van der Waals surface area contributed by atoms with E-state index in [0.717, 1.165) is 5.56 Å². The van der Waals surface area contributed by atoms with E-state index < -0.39 is 34.1 Å². The van der Waals surface area contributed by atoms with Gasteiger partial charge in [0.1, 0.15) is 17.9 Å². The van der Waals surface area contributed by atoms with Gasteiger partial charge in [-0.1, -0.05) is 30.3 Å². The van der Waals surface area contributed by atoms with Gasteiger partial charge < -0.3 is 23.5 Å². The maximum atomic E-state index is 13.2. The number of nitrogens with one attached hydrogen (secondary N) is 1. The van der Waals surface area contributed by atoms with Crippen molar-refractivity contribution in [1.29, 1.82) is 0 Å². The van der Waals surface area contributed by atoms with Gasteiger partial charge in [0.2, 0.25) is 0 Å². The van der Waals surface area contributed by atoms with Gasteiger partial charge >= 0.3 is 6.01 Å². The molecule has 3 atom stereocenters. The number of aryl methyl sites for hydroxylation is 2. The monoisotopic (exact) mass is 527 g/mol. The summed E-state index contributed by atoms with van der Waals surface area (Å²) in [6, 6.07) is 15.1. The molecule has 37 heavy (non-hydrogen) atoms. The van der Waals surface area contributed by atoms with E-state index in [0.29, 0.717) is 23.7 Å². The van der Waals surface area contributed by atoms with Crippen molar-refractivity contribution in [3.05, 3.63) is 71.6 Å². The van der Waals surface area contributed by atoms with Crippen LogP contribution in [0.2, 0.25) is 0 Å². The van der Waals surface area contributed by atoms with Gasteiger partial charge in [-0.15, -0.1) is 0 Å². The number of aromatic nitrogens is 1. The van der Waals surface area contributed by atoms with Crippen LogP contribution in [-0.4, -0.2) is 50.0 Å². The van der Waals surface area contributed by atoms with Crippen molar-refractivity contribution in [1.82, 2.24) is 4.98 Å². The second-order valence-electron chi connectivity index (χ2n) is 9.54. The van der Waals surface area contributed by atoms with Crippen LogP contribution >= 0.6 is 0 Å². The topological polar surface area (TPSA) is 120 Å². The maximum Gasteiger partial charge on any atom is 0.309 e. The number of benzene rings is 2. The van der Waals surface area contributed by atoms with E-state index in [2.05, 4.69) is 9.71 Å². The molecule has 2 fully saturated rings. The van der Waals surface area contributed by atoms with Crippen LogP contribution < -0.4 is 9.62 Å². The molecule has 0 radical (unpaired) electrons. The molecule has 3 heterocycles. The van der Waals surface area contributed by atoms with Gasteiger partial charge in [0, 0.05) is 5.69 Å². The third-order valence-electron chi connectivity index (χ3n) is 6.45. The Morgan fingerprint density at radius 1 is 1.11 bits per heavy atom. The average Bonchev–Trinajstić information content (AvgIpc) is 3.37. The summed E-state index contributed by atoms with van der Waals surface area (Å²) in [5.41, 5.74) is 2.08. The van der Waals surface area contributed by atoms with E-state index >= 15 is 0 Å². The minimum atomic E-state index is -3.94. The first-order valence-electron chi connectivity index (χ1n) is 11.9. The predicted octanol–water partition coefficient (Wildman–Crippen LogP) is 3.54. The summed E-state index contributed by atoms with van der Waals surface area (Å²) in [7, 11) is -3.94. The van der Waals surface area contributed by atoms with Crippen LogP contribution in [-0.2, 0) is 35.6 Å². The molecule has 2 aromatic carbocycles. The molecule has 0 saturated carbocycles. The zero-order chi connectivity index (χ0) is 26.4. The number of hydrogen-bond donors (Lipinski definition) is 1. The van der Waals surface area contributed by atoms with E-state index in [4.69, 9.17) is 18.6 Å². The third-order valence-corrected chi connectivity index (χ3v) is 7.78. The molecule has 2 unspecified atom stereocenters. The molecule has 0 aliphatic carbocycles. The van der Waals surface area contributed by atoms with Crippen LogP contribution in [0.1, 0.15) is 30.9 Å². The number of sulfonamides is 1. The number of amides is 1. The molecule has 1 aromatic heterocycles. The van der Waals surface area contributed by atoms with Gasteiger partial charge in [0.05, 0.1) is 23.8 Å². The second-order valence-corrected chi connectivity index (χ2v) is 11.2. The van der Waals surface area contributed by atoms with Gasteiger partial charge in [-0.05, 0) is 57.5 Å². The summed E-state index contributed by atoms with van der Waals surface area (Å²) in [6.45, 7) is 7.65. The Hall–Kier alpha value is -3.25. The lowest BCUT2D eigenvalue weighted by molar-refractivity contribution is -0.164. The van der Waals surface area contributed by atoms with Crippen molar-refractivity contribution in [2.75, 3.05) is 16.2 Å². The molecule has 0 bridgehead atoms. The first-order valence-corrected chi connectivity index (χ1v) is 13.4. The highest BCUT2D eigenvalue weighted by molar-refractivity contribution is 7.92. The average molecular weight is 528 g/mol. The second kappa shape index (κ2) is 9.56. The zero-order valence-electron chi connectivity index (χ0n) is 21.0. The van der Waals surface area contributed by atoms with Crippen molar-refractivity contribution in [2.45, 2.75) is 63.2 Å². The number of nitrogens with zero attached hydrogens (tertiary/aromatic N) is 2.